The molecule has 0 heterocycles. The number of rotatable bonds is 7. The summed E-state index contributed by atoms with van der Waals surface area (Å²) in [7, 11) is 0. The monoisotopic (exact) mass is 397 g/mol. The highest BCUT2D eigenvalue weighted by Crippen LogP contribution is 2.31. The van der Waals surface area contributed by atoms with Gasteiger partial charge in [0.2, 0.25) is 0 Å². The maximum atomic E-state index is 13.1. The van der Waals surface area contributed by atoms with E-state index in [2.05, 4.69) is 10.9 Å². The first-order chi connectivity index (χ1) is 13.7. The number of benzene rings is 2. The molecule has 0 aliphatic carbocycles. The van der Waals surface area contributed by atoms with Gasteiger partial charge < -0.3 is 5.11 Å². The number of hydrogen-bond acceptors (Lipinski definition) is 4. The lowest BCUT2D eigenvalue weighted by molar-refractivity contribution is -0.141. The molecule has 0 aromatic heterocycles. The minimum atomic E-state index is -1.94. The Bertz CT molecular complexity index is 816. The molecule has 2 aromatic carbocycles. The predicted molar refractivity (Wildman–Crippen MR) is 114 cm³/mol. The minimum absolute atomic E-state index is 0.335. The fraction of sp³-hybridized carbons (Fsp3) is 0.391. The number of carbonyl (C=O) groups is 2. The van der Waals surface area contributed by atoms with Gasteiger partial charge in [0.25, 0.3) is 11.8 Å². The van der Waals surface area contributed by atoms with Crippen LogP contribution in [0.15, 0.2) is 48.5 Å². The van der Waals surface area contributed by atoms with Crippen LogP contribution in [0.1, 0.15) is 43.0 Å². The average Bonchev–Trinajstić information content (AvgIpc) is 2.71. The van der Waals surface area contributed by atoms with E-state index in [-0.39, 0.29) is 5.91 Å². The molecule has 0 aliphatic heterocycles. The van der Waals surface area contributed by atoms with Crippen molar-refractivity contribution in [3.05, 3.63) is 70.8 Å². The molecule has 6 nitrogen and oxygen atoms in total. The third kappa shape index (κ3) is 5.02. The molecule has 0 unspecified atom stereocenters. The summed E-state index contributed by atoms with van der Waals surface area (Å²) >= 11 is 0. The SMILES string of the molecule is CCN(CC)[C@@H](C)C(=O)NNC(=O)C(O)(c1cccc(C)c1)c1cccc(C)c1. The van der Waals surface area contributed by atoms with Crippen LogP contribution in [-0.2, 0) is 15.2 Å². The Morgan fingerprint density at radius 1 is 0.966 bits per heavy atom. The summed E-state index contributed by atoms with van der Waals surface area (Å²) < 4.78 is 0. The fourth-order valence-electron chi connectivity index (χ4n) is 3.42. The number of aliphatic hydroxyl groups is 1. The van der Waals surface area contributed by atoms with Crippen LogP contribution >= 0.6 is 0 Å². The summed E-state index contributed by atoms with van der Waals surface area (Å²) in [4.78, 5) is 27.6. The number of hydrogen-bond donors (Lipinski definition) is 3. The normalized spacial score (nSPS) is 12.5. The smallest absolute Gasteiger partial charge is 0.279 e. The number of carbonyl (C=O) groups excluding carboxylic acids is 2. The Morgan fingerprint density at radius 2 is 1.45 bits per heavy atom. The van der Waals surface area contributed by atoms with Crippen molar-refractivity contribution in [2.24, 2.45) is 0 Å². The van der Waals surface area contributed by atoms with Gasteiger partial charge in [0, 0.05) is 0 Å². The second kappa shape index (κ2) is 9.67. The lowest BCUT2D eigenvalue weighted by Crippen LogP contribution is -2.56. The standard InChI is InChI=1S/C23H31N3O3/c1-6-26(7-2)18(5)21(27)24-25-22(28)23(29,19-12-8-10-16(3)14-19)20-13-9-11-17(4)15-20/h8-15,18,29H,6-7H2,1-5H3,(H,24,27)(H,25,28)/t18-/m0/s1. The Balaban J connectivity index is 2.32. The summed E-state index contributed by atoms with van der Waals surface area (Å²) in [6, 6.07) is 13.9. The molecule has 2 rings (SSSR count). The number of aryl methyl sites for hydroxylation is 2. The molecule has 0 spiro atoms. The molecular weight excluding hydrogens is 366 g/mol. The molecule has 0 saturated heterocycles. The van der Waals surface area contributed by atoms with Gasteiger partial charge in [-0.05, 0) is 45.0 Å². The van der Waals surface area contributed by atoms with Crippen LogP contribution in [0, 0.1) is 13.8 Å². The second-order valence-electron chi connectivity index (χ2n) is 7.29. The summed E-state index contributed by atoms with van der Waals surface area (Å²) in [6.45, 7) is 10.9. The molecule has 0 fully saturated rings. The summed E-state index contributed by atoms with van der Waals surface area (Å²) in [5, 5.41) is 11.6. The van der Waals surface area contributed by atoms with Gasteiger partial charge in [-0.15, -0.1) is 0 Å². The van der Waals surface area contributed by atoms with E-state index in [1.165, 1.54) is 0 Å². The second-order valence-corrected chi connectivity index (χ2v) is 7.29. The van der Waals surface area contributed by atoms with E-state index in [1.807, 2.05) is 44.7 Å². The summed E-state index contributed by atoms with van der Waals surface area (Å²) in [5.41, 5.74) is 5.66. The predicted octanol–water partition coefficient (Wildman–Crippen LogP) is 2.42. The molecule has 2 aromatic rings. The van der Waals surface area contributed by atoms with E-state index in [4.69, 9.17) is 0 Å². The van der Waals surface area contributed by atoms with Crippen molar-refractivity contribution in [3.8, 4) is 0 Å². The Hall–Kier alpha value is -2.70. The van der Waals surface area contributed by atoms with Crippen molar-refractivity contribution in [1.29, 1.82) is 0 Å². The lowest BCUT2D eigenvalue weighted by atomic mass is 9.84. The molecule has 156 valence electrons. The van der Waals surface area contributed by atoms with Crippen molar-refractivity contribution in [3.63, 3.8) is 0 Å². The molecule has 0 radical (unpaired) electrons. The topological polar surface area (TPSA) is 81.7 Å². The molecule has 0 saturated carbocycles. The van der Waals surface area contributed by atoms with Crippen molar-refractivity contribution in [1.82, 2.24) is 15.8 Å². The third-order valence-corrected chi connectivity index (χ3v) is 5.24. The highest BCUT2D eigenvalue weighted by atomic mass is 16.3. The highest BCUT2D eigenvalue weighted by Gasteiger charge is 2.40. The van der Waals surface area contributed by atoms with Gasteiger partial charge in [-0.25, -0.2) is 0 Å². The Kier molecular flexibility index (Phi) is 7.53. The fourth-order valence-corrected chi connectivity index (χ4v) is 3.42. The van der Waals surface area contributed by atoms with Gasteiger partial charge >= 0.3 is 0 Å². The first kappa shape index (κ1) is 22.6. The molecule has 29 heavy (non-hydrogen) atoms. The number of nitrogens with one attached hydrogen (secondary N) is 2. The molecule has 0 bridgehead atoms. The van der Waals surface area contributed by atoms with Crippen molar-refractivity contribution in [2.45, 2.75) is 46.3 Å². The minimum Gasteiger partial charge on any atom is -0.372 e. The maximum absolute atomic E-state index is 13.1. The number of hydrazine groups is 1. The zero-order valence-corrected chi connectivity index (χ0v) is 17.8. The summed E-state index contributed by atoms with van der Waals surface area (Å²) in [5.74, 6) is -1.05. The van der Waals surface area contributed by atoms with Crippen LogP contribution in [0.2, 0.25) is 0 Å². The van der Waals surface area contributed by atoms with Gasteiger partial charge in [-0.1, -0.05) is 73.5 Å². The van der Waals surface area contributed by atoms with Crippen molar-refractivity contribution in [2.75, 3.05) is 13.1 Å². The zero-order chi connectivity index (χ0) is 21.6. The number of likely N-dealkylation sites (N-methyl/N-ethyl adjacent to an activating group) is 1. The number of amides is 2. The van der Waals surface area contributed by atoms with Gasteiger partial charge in [0.1, 0.15) is 0 Å². The summed E-state index contributed by atoms with van der Waals surface area (Å²) in [6.07, 6.45) is 0. The molecule has 3 N–H and O–H groups in total. The van der Waals surface area contributed by atoms with Crippen LogP contribution in [0.25, 0.3) is 0 Å². The van der Waals surface area contributed by atoms with E-state index in [1.54, 1.807) is 43.3 Å². The van der Waals surface area contributed by atoms with E-state index < -0.39 is 17.6 Å². The van der Waals surface area contributed by atoms with E-state index >= 15 is 0 Å². The van der Waals surface area contributed by atoms with Gasteiger partial charge in [-0.2, -0.15) is 0 Å². The quantitative estimate of drug-likeness (QED) is 0.627. The Morgan fingerprint density at radius 3 is 1.86 bits per heavy atom. The van der Waals surface area contributed by atoms with Crippen LogP contribution < -0.4 is 10.9 Å². The van der Waals surface area contributed by atoms with Crippen molar-refractivity contribution >= 4 is 11.8 Å². The van der Waals surface area contributed by atoms with E-state index in [0.29, 0.717) is 11.1 Å². The molecule has 2 amide bonds. The third-order valence-electron chi connectivity index (χ3n) is 5.24. The largest absolute Gasteiger partial charge is 0.372 e. The molecular formula is C23H31N3O3. The van der Waals surface area contributed by atoms with Crippen LogP contribution in [0.5, 0.6) is 0 Å². The van der Waals surface area contributed by atoms with Gasteiger partial charge in [0.05, 0.1) is 6.04 Å². The van der Waals surface area contributed by atoms with Crippen LogP contribution in [0.3, 0.4) is 0 Å². The molecule has 6 heteroatoms. The number of nitrogens with zero attached hydrogens (tertiary/aromatic N) is 1. The van der Waals surface area contributed by atoms with Gasteiger partial charge in [-0.3, -0.25) is 25.3 Å². The zero-order valence-electron chi connectivity index (χ0n) is 17.8. The van der Waals surface area contributed by atoms with Gasteiger partial charge in [0.15, 0.2) is 5.60 Å². The first-order valence-corrected chi connectivity index (χ1v) is 9.95. The molecule has 0 aliphatic rings. The lowest BCUT2D eigenvalue weighted by Gasteiger charge is -2.30. The van der Waals surface area contributed by atoms with Crippen molar-refractivity contribution < 1.29 is 14.7 Å². The first-order valence-electron chi connectivity index (χ1n) is 9.95. The van der Waals surface area contributed by atoms with Crippen LogP contribution in [0.4, 0.5) is 0 Å². The van der Waals surface area contributed by atoms with Crippen LogP contribution in [-0.4, -0.2) is 41.0 Å². The maximum Gasteiger partial charge on any atom is 0.279 e. The Labute approximate surface area is 172 Å². The average molecular weight is 398 g/mol. The van der Waals surface area contributed by atoms with E-state index in [9.17, 15) is 14.7 Å². The highest BCUT2D eigenvalue weighted by molar-refractivity contribution is 5.92. The van der Waals surface area contributed by atoms with E-state index in [0.717, 1.165) is 24.2 Å². The molecule has 1 atom stereocenters.